The first-order valence-corrected chi connectivity index (χ1v) is 6.49. The molecule has 1 rings (SSSR count). The number of carboxylic acid groups (broad SMARTS) is 1. The number of aliphatic carboxylic acids is 1. The van der Waals surface area contributed by atoms with Crippen LogP contribution >= 0.6 is 0 Å². The Kier molecular flexibility index (Phi) is 5.26. The Morgan fingerprint density at radius 2 is 2.00 bits per heavy atom. The number of rotatable bonds is 7. The quantitative estimate of drug-likeness (QED) is 0.703. The number of nitrogens with one attached hydrogen (secondary N) is 1. The Morgan fingerprint density at radius 1 is 1.31 bits per heavy atom. The van der Waals surface area contributed by atoms with Crippen molar-refractivity contribution in [1.82, 2.24) is 5.32 Å². The van der Waals surface area contributed by atoms with Gasteiger partial charge < -0.3 is 10.4 Å². The minimum atomic E-state index is -0.641. The fourth-order valence-electron chi connectivity index (χ4n) is 2.28. The van der Waals surface area contributed by atoms with Crippen molar-refractivity contribution in [2.75, 3.05) is 0 Å². The molecule has 0 bridgehead atoms. The van der Waals surface area contributed by atoms with Gasteiger partial charge in [-0.05, 0) is 32.1 Å². The minimum absolute atomic E-state index is 0.146. The van der Waals surface area contributed by atoms with E-state index in [9.17, 15) is 4.79 Å². The first-order chi connectivity index (χ1) is 7.50. The molecule has 0 aromatic rings. The van der Waals surface area contributed by atoms with Crippen LogP contribution in [0.25, 0.3) is 0 Å². The van der Waals surface area contributed by atoms with E-state index in [2.05, 4.69) is 26.1 Å². The van der Waals surface area contributed by atoms with Gasteiger partial charge >= 0.3 is 5.97 Å². The molecule has 3 heteroatoms. The highest BCUT2D eigenvalue weighted by molar-refractivity contribution is 5.72. The Hall–Kier alpha value is -0.570. The number of carboxylic acids is 1. The Bertz CT molecular complexity index is 228. The lowest BCUT2D eigenvalue weighted by Crippen LogP contribution is -2.50. The molecule has 0 aliphatic heterocycles. The second-order valence-electron chi connectivity index (χ2n) is 5.52. The Balaban J connectivity index is 2.14. The first kappa shape index (κ1) is 13.5. The summed E-state index contributed by atoms with van der Waals surface area (Å²) in [6, 6.07) is 0.664. The molecule has 3 atom stereocenters. The molecule has 2 N–H and O–H groups in total. The molecule has 0 heterocycles. The van der Waals surface area contributed by atoms with E-state index in [1.807, 2.05) is 0 Å². The molecule has 16 heavy (non-hydrogen) atoms. The molecule has 3 nitrogen and oxygen atoms in total. The number of hydrogen-bond acceptors (Lipinski definition) is 2. The summed E-state index contributed by atoms with van der Waals surface area (Å²) in [6.07, 6.45) is 5.51. The van der Waals surface area contributed by atoms with Crippen LogP contribution in [0.3, 0.4) is 0 Å². The summed E-state index contributed by atoms with van der Waals surface area (Å²) in [5.74, 6) is -0.0200. The smallest absolute Gasteiger partial charge is 0.308 e. The Morgan fingerprint density at radius 3 is 2.44 bits per heavy atom. The van der Waals surface area contributed by atoms with Crippen LogP contribution in [0.2, 0.25) is 0 Å². The van der Waals surface area contributed by atoms with Crippen molar-refractivity contribution in [3.05, 3.63) is 0 Å². The van der Waals surface area contributed by atoms with Gasteiger partial charge in [-0.25, -0.2) is 0 Å². The normalized spacial score (nSPS) is 26.5. The molecule has 0 radical (unpaired) electrons. The van der Waals surface area contributed by atoms with Gasteiger partial charge in [0.05, 0.1) is 5.92 Å². The zero-order valence-corrected chi connectivity index (χ0v) is 10.7. The number of hydrogen-bond donors (Lipinski definition) is 2. The van der Waals surface area contributed by atoms with Crippen LogP contribution < -0.4 is 5.32 Å². The van der Waals surface area contributed by atoms with E-state index in [1.54, 1.807) is 0 Å². The van der Waals surface area contributed by atoms with Gasteiger partial charge in [-0.15, -0.1) is 0 Å². The van der Waals surface area contributed by atoms with Crippen molar-refractivity contribution in [1.29, 1.82) is 0 Å². The van der Waals surface area contributed by atoms with Crippen molar-refractivity contribution in [2.45, 2.75) is 65.0 Å². The standard InChI is InChI=1S/C13H25NO2/c1-9(2)5-4-6-10(3)14-12-8-7-11(12)13(15)16/h9-12,14H,4-8H2,1-3H3,(H,15,16). The van der Waals surface area contributed by atoms with E-state index in [0.29, 0.717) is 6.04 Å². The molecule has 0 aromatic carbocycles. The van der Waals surface area contributed by atoms with E-state index in [0.717, 1.165) is 25.2 Å². The fraction of sp³-hybridized carbons (Fsp3) is 0.923. The lowest BCUT2D eigenvalue weighted by atomic mass is 9.79. The predicted octanol–water partition coefficient (Wildman–Crippen LogP) is 2.65. The maximum atomic E-state index is 10.8. The van der Waals surface area contributed by atoms with Crippen molar-refractivity contribution in [3.63, 3.8) is 0 Å². The zero-order chi connectivity index (χ0) is 12.1. The highest BCUT2D eigenvalue weighted by Crippen LogP contribution is 2.28. The van der Waals surface area contributed by atoms with Crippen LogP contribution in [0.1, 0.15) is 52.9 Å². The van der Waals surface area contributed by atoms with Gasteiger partial charge in [0, 0.05) is 12.1 Å². The van der Waals surface area contributed by atoms with Crippen LogP contribution in [0.15, 0.2) is 0 Å². The van der Waals surface area contributed by atoms with Crippen molar-refractivity contribution < 1.29 is 9.90 Å². The topological polar surface area (TPSA) is 49.3 Å². The molecule has 1 saturated carbocycles. The summed E-state index contributed by atoms with van der Waals surface area (Å²) >= 11 is 0. The average Bonchev–Trinajstić information content (AvgIpc) is 2.10. The van der Waals surface area contributed by atoms with Gasteiger partial charge in [0.2, 0.25) is 0 Å². The van der Waals surface area contributed by atoms with E-state index >= 15 is 0 Å². The molecular weight excluding hydrogens is 202 g/mol. The molecule has 1 aliphatic carbocycles. The second-order valence-corrected chi connectivity index (χ2v) is 5.52. The Labute approximate surface area is 98.6 Å². The monoisotopic (exact) mass is 227 g/mol. The highest BCUT2D eigenvalue weighted by Gasteiger charge is 2.36. The van der Waals surface area contributed by atoms with Crippen LogP contribution in [0.4, 0.5) is 0 Å². The maximum absolute atomic E-state index is 10.8. The largest absolute Gasteiger partial charge is 0.481 e. The van der Waals surface area contributed by atoms with Crippen molar-refractivity contribution in [3.8, 4) is 0 Å². The van der Waals surface area contributed by atoms with Crippen molar-refractivity contribution >= 4 is 5.97 Å². The summed E-state index contributed by atoms with van der Waals surface area (Å²) in [7, 11) is 0. The van der Waals surface area contributed by atoms with E-state index in [1.165, 1.54) is 12.8 Å². The molecule has 0 amide bonds. The molecule has 0 aromatic heterocycles. The van der Waals surface area contributed by atoms with E-state index < -0.39 is 5.97 Å². The van der Waals surface area contributed by atoms with Crippen LogP contribution in [0, 0.1) is 11.8 Å². The second kappa shape index (κ2) is 6.24. The first-order valence-electron chi connectivity index (χ1n) is 6.49. The minimum Gasteiger partial charge on any atom is -0.481 e. The maximum Gasteiger partial charge on any atom is 0.308 e. The van der Waals surface area contributed by atoms with Gasteiger partial charge in [-0.3, -0.25) is 4.79 Å². The summed E-state index contributed by atoms with van der Waals surface area (Å²) in [4.78, 5) is 10.8. The van der Waals surface area contributed by atoms with Gasteiger partial charge in [0.25, 0.3) is 0 Å². The van der Waals surface area contributed by atoms with Crippen LogP contribution in [-0.4, -0.2) is 23.2 Å². The zero-order valence-electron chi connectivity index (χ0n) is 10.7. The molecule has 1 fully saturated rings. The van der Waals surface area contributed by atoms with E-state index in [-0.39, 0.29) is 12.0 Å². The third-order valence-electron chi connectivity index (χ3n) is 3.51. The third-order valence-corrected chi connectivity index (χ3v) is 3.51. The SMILES string of the molecule is CC(C)CCCC(C)NC1CCC1C(=O)O. The highest BCUT2D eigenvalue weighted by atomic mass is 16.4. The molecular formula is C13H25NO2. The van der Waals surface area contributed by atoms with Gasteiger partial charge in [-0.1, -0.05) is 26.7 Å². The lowest BCUT2D eigenvalue weighted by molar-refractivity contribution is -0.146. The summed E-state index contributed by atoms with van der Waals surface area (Å²) in [5.41, 5.74) is 0. The molecule has 3 unspecified atom stereocenters. The fourth-order valence-corrected chi connectivity index (χ4v) is 2.28. The van der Waals surface area contributed by atoms with Gasteiger partial charge in [0.15, 0.2) is 0 Å². The van der Waals surface area contributed by atoms with Crippen LogP contribution in [-0.2, 0) is 4.79 Å². The van der Waals surface area contributed by atoms with Crippen LogP contribution in [0.5, 0.6) is 0 Å². The molecule has 1 aliphatic rings. The molecule has 0 spiro atoms. The molecule has 0 saturated heterocycles. The predicted molar refractivity (Wildman–Crippen MR) is 65.4 cm³/mol. The van der Waals surface area contributed by atoms with Gasteiger partial charge in [0.1, 0.15) is 0 Å². The third kappa shape index (κ3) is 4.12. The molecule has 94 valence electrons. The summed E-state index contributed by atoms with van der Waals surface area (Å²) < 4.78 is 0. The van der Waals surface area contributed by atoms with Crippen molar-refractivity contribution in [2.24, 2.45) is 11.8 Å². The lowest BCUT2D eigenvalue weighted by Gasteiger charge is -2.36. The average molecular weight is 227 g/mol. The summed E-state index contributed by atoms with van der Waals surface area (Å²) in [5, 5.41) is 12.4. The summed E-state index contributed by atoms with van der Waals surface area (Å²) in [6.45, 7) is 6.65. The van der Waals surface area contributed by atoms with Gasteiger partial charge in [-0.2, -0.15) is 0 Å². The van der Waals surface area contributed by atoms with E-state index in [4.69, 9.17) is 5.11 Å². The number of carbonyl (C=O) groups is 1.